The zero-order valence-electron chi connectivity index (χ0n) is 10.2. The Labute approximate surface area is 93.6 Å². The van der Waals surface area contributed by atoms with Crippen molar-refractivity contribution in [2.75, 3.05) is 33.7 Å². The molecule has 88 valence electrons. The first-order valence-corrected chi connectivity index (χ1v) is 6.27. The van der Waals surface area contributed by atoms with Gasteiger partial charge in [0, 0.05) is 18.1 Å². The molecule has 0 unspecified atom stereocenters. The Balaban J connectivity index is 1.77. The molecule has 0 bridgehead atoms. The summed E-state index contributed by atoms with van der Waals surface area (Å²) in [5, 5.41) is 0. The molecule has 1 saturated carbocycles. The predicted octanol–water partition coefficient (Wildman–Crippen LogP) is 0.894. The highest BCUT2D eigenvalue weighted by atomic mass is 15.2. The Morgan fingerprint density at radius 1 is 1.33 bits per heavy atom. The van der Waals surface area contributed by atoms with E-state index in [-0.39, 0.29) is 5.54 Å². The summed E-state index contributed by atoms with van der Waals surface area (Å²) in [6.45, 7) is 3.58. The Bertz CT molecular complexity index is 205. The third-order valence-corrected chi connectivity index (χ3v) is 4.23. The number of likely N-dealkylation sites (N-methyl/N-ethyl adjacent to an activating group) is 1. The van der Waals surface area contributed by atoms with Crippen molar-refractivity contribution in [1.82, 2.24) is 9.80 Å². The topological polar surface area (TPSA) is 32.5 Å². The van der Waals surface area contributed by atoms with E-state index in [1.165, 1.54) is 45.2 Å². The fraction of sp³-hybridized carbons (Fsp3) is 1.00. The van der Waals surface area contributed by atoms with Gasteiger partial charge in [0.05, 0.1) is 0 Å². The minimum Gasteiger partial charge on any atom is -0.324 e. The van der Waals surface area contributed by atoms with Crippen LogP contribution in [0, 0.1) is 0 Å². The van der Waals surface area contributed by atoms with Crippen LogP contribution < -0.4 is 5.73 Å². The molecule has 1 heterocycles. The van der Waals surface area contributed by atoms with E-state index >= 15 is 0 Å². The van der Waals surface area contributed by atoms with Crippen LogP contribution in [0.2, 0.25) is 0 Å². The molecule has 1 aliphatic carbocycles. The fourth-order valence-corrected chi connectivity index (χ4v) is 2.85. The van der Waals surface area contributed by atoms with Gasteiger partial charge >= 0.3 is 0 Å². The highest BCUT2D eigenvalue weighted by Crippen LogP contribution is 2.30. The van der Waals surface area contributed by atoms with E-state index in [1.807, 2.05) is 0 Å². The summed E-state index contributed by atoms with van der Waals surface area (Å²) in [6.07, 6.45) is 6.40. The highest BCUT2D eigenvalue weighted by molar-refractivity contribution is 4.96. The fourth-order valence-electron chi connectivity index (χ4n) is 2.85. The molecule has 0 atom stereocenters. The van der Waals surface area contributed by atoms with Crippen LogP contribution in [0.1, 0.15) is 32.1 Å². The van der Waals surface area contributed by atoms with Gasteiger partial charge in [-0.25, -0.2) is 0 Å². The summed E-state index contributed by atoms with van der Waals surface area (Å²) in [4.78, 5) is 4.93. The lowest BCUT2D eigenvalue weighted by Gasteiger charge is -2.44. The van der Waals surface area contributed by atoms with Crippen LogP contribution in [-0.4, -0.2) is 55.1 Å². The quantitative estimate of drug-likeness (QED) is 0.752. The van der Waals surface area contributed by atoms with E-state index < -0.39 is 0 Å². The van der Waals surface area contributed by atoms with Gasteiger partial charge in [0.2, 0.25) is 0 Å². The molecule has 0 aromatic heterocycles. The van der Waals surface area contributed by atoms with Crippen LogP contribution in [0.4, 0.5) is 0 Å². The zero-order chi connectivity index (χ0) is 10.9. The maximum absolute atomic E-state index is 6.29. The standard InChI is InChI=1S/C12H25N3/c1-14-8-4-11(5-9-14)15(2)10-12(13)6-3-7-12/h11H,3-10,13H2,1-2H3. The Hall–Kier alpha value is -0.120. The number of hydrogen-bond acceptors (Lipinski definition) is 3. The van der Waals surface area contributed by atoms with Crippen LogP contribution in [0.3, 0.4) is 0 Å². The SMILES string of the molecule is CN1CCC(N(C)CC2(N)CCC2)CC1. The molecule has 2 fully saturated rings. The van der Waals surface area contributed by atoms with Gasteiger partial charge in [0.25, 0.3) is 0 Å². The van der Waals surface area contributed by atoms with Crippen LogP contribution in [0.25, 0.3) is 0 Å². The van der Waals surface area contributed by atoms with E-state index in [9.17, 15) is 0 Å². The molecule has 0 aromatic rings. The van der Waals surface area contributed by atoms with E-state index in [0.29, 0.717) is 0 Å². The van der Waals surface area contributed by atoms with Crippen molar-refractivity contribution >= 4 is 0 Å². The lowest BCUT2D eigenvalue weighted by molar-refractivity contribution is 0.0943. The molecule has 1 saturated heterocycles. The van der Waals surface area contributed by atoms with E-state index in [4.69, 9.17) is 5.73 Å². The number of rotatable bonds is 3. The van der Waals surface area contributed by atoms with Gasteiger partial charge in [-0.2, -0.15) is 0 Å². The van der Waals surface area contributed by atoms with Crippen molar-refractivity contribution in [2.45, 2.75) is 43.7 Å². The van der Waals surface area contributed by atoms with E-state index in [2.05, 4.69) is 23.9 Å². The molecule has 15 heavy (non-hydrogen) atoms. The minimum absolute atomic E-state index is 0.151. The van der Waals surface area contributed by atoms with Crippen molar-refractivity contribution in [3.8, 4) is 0 Å². The maximum atomic E-state index is 6.29. The highest BCUT2D eigenvalue weighted by Gasteiger charge is 2.35. The number of piperidine rings is 1. The summed E-state index contributed by atoms with van der Waals surface area (Å²) >= 11 is 0. The molecule has 0 spiro atoms. The summed E-state index contributed by atoms with van der Waals surface area (Å²) < 4.78 is 0. The first kappa shape index (κ1) is 11.4. The van der Waals surface area contributed by atoms with Gasteiger partial charge in [-0.3, -0.25) is 0 Å². The van der Waals surface area contributed by atoms with Gasteiger partial charge in [0.1, 0.15) is 0 Å². The second kappa shape index (κ2) is 4.40. The molecular formula is C12H25N3. The van der Waals surface area contributed by atoms with Crippen molar-refractivity contribution < 1.29 is 0 Å². The number of nitrogens with zero attached hydrogens (tertiary/aromatic N) is 2. The predicted molar refractivity (Wildman–Crippen MR) is 63.9 cm³/mol. The molecule has 2 aliphatic rings. The van der Waals surface area contributed by atoms with Crippen molar-refractivity contribution in [3.63, 3.8) is 0 Å². The van der Waals surface area contributed by atoms with Gasteiger partial charge in [-0.1, -0.05) is 0 Å². The minimum atomic E-state index is 0.151. The molecule has 0 amide bonds. The summed E-state index contributed by atoms with van der Waals surface area (Å²) in [5.41, 5.74) is 6.44. The summed E-state index contributed by atoms with van der Waals surface area (Å²) in [7, 11) is 4.47. The molecule has 0 radical (unpaired) electrons. The Morgan fingerprint density at radius 2 is 1.93 bits per heavy atom. The molecular weight excluding hydrogens is 186 g/mol. The number of likely N-dealkylation sites (tertiary alicyclic amines) is 1. The average Bonchev–Trinajstić information content (AvgIpc) is 2.16. The zero-order valence-corrected chi connectivity index (χ0v) is 10.2. The second-order valence-corrected chi connectivity index (χ2v) is 5.67. The molecule has 1 aliphatic heterocycles. The smallest absolute Gasteiger partial charge is 0.0283 e. The molecule has 3 heteroatoms. The first-order valence-electron chi connectivity index (χ1n) is 6.27. The van der Waals surface area contributed by atoms with Crippen LogP contribution >= 0.6 is 0 Å². The van der Waals surface area contributed by atoms with E-state index in [1.54, 1.807) is 0 Å². The van der Waals surface area contributed by atoms with Crippen molar-refractivity contribution in [2.24, 2.45) is 5.73 Å². The molecule has 2 rings (SSSR count). The summed E-state index contributed by atoms with van der Waals surface area (Å²) in [5.74, 6) is 0. The largest absolute Gasteiger partial charge is 0.324 e. The van der Waals surface area contributed by atoms with E-state index in [0.717, 1.165) is 12.6 Å². The van der Waals surface area contributed by atoms with Crippen LogP contribution in [0.15, 0.2) is 0 Å². The van der Waals surface area contributed by atoms with Gasteiger partial charge in [0.15, 0.2) is 0 Å². The van der Waals surface area contributed by atoms with Gasteiger partial charge in [-0.15, -0.1) is 0 Å². The van der Waals surface area contributed by atoms with Crippen molar-refractivity contribution in [1.29, 1.82) is 0 Å². The van der Waals surface area contributed by atoms with Crippen LogP contribution in [-0.2, 0) is 0 Å². The van der Waals surface area contributed by atoms with Crippen molar-refractivity contribution in [3.05, 3.63) is 0 Å². The Morgan fingerprint density at radius 3 is 2.40 bits per heavy atom. The third kappa shape index (κ3) is 2.71. The molecule has 0 aromatic carbocycles. The Kier molecular flexibility index (Phi) is 3.33. The average molecular weight is 211 g/mol. The van der Waals surface area contributed by atoms with Gasteiger partial charge in [-0.05, 0) is 59.3 Å². The monoisotopic (exact) mass is 211 g/mol. The first-order chi connectivity index (χ1) is 7.09. The maximum Gasteiger partial charge on any atom is 0.0283 e. The van der Waals surface area contributed by atoms with Crippen LogP contribution in [0.5, 0.6) is 0 Å². The number of nitrogens with two attached hydrogens (primary N) is 1. The lowest BCUT2D eigenvalue weighted by Crippen LogP contribution is -2.56. The second-order valence-electron chi connectivity index (χ2n) is 5.67. The van der Waals surface area contributed by atoms with Gasteiger partial charge < -0.3 is 15.5 Å². The molecule has 2 N–H and O–H groups in total. The molecule has 3 nitrogen and oxygen atoms in total. The lowest BCUT2D eigenvalue weighted by atomic mass is 9.77. The number of hydrogen-bond donors (Lipinski definition) is 1. The normalized spacial score (nSPS) is 28.0. The summed E-state index contributed by atoms with van der Waals surface area (Å²) in [6, 6.07) is 0.766. The third-order valence-electron chi connectivity index (χ3n) is 4.23.